The van der Waals surface area contributed by atoms with E-state index in [4.69, 9.17) is 5.84 Å². The minimum absolute atomic E-state index is 0.182. The Morgan fingerprint density at radius 1 is 1.31 bits per heavy atom. The van der Waals surface area contributed by atoms with Crippen molar-refractivity contribution >= 4 is 27.3 Å². The normalized spacial score (nSPS) is 12.7. The molecule has 1 unspecified atom stereocenters. The molecular formula is C11H10BrFN2S. The van der Waals surface area contributed by atoms with Gasteiger partial charge in [-0.2, -0.15) is 11.3 Å². The first-order chi connectivity index (χ1) is 7.70. The molecule has 0 radical (unpaired) electrons. The third-order valence-corrected chi connectivity index (χ3v) is 3.42. The average molecular weight is 301 g/mol. The fraction of sp³-hybridized carbons (Fsp3) is 0.0909. The second kappa shape index (κ2) is 5.05. The van der Waals surface area contributed by atoms with Gasteiger partial charge >= 0.3 is 0 Å². The van der Waals surface area contributed by atoms with Crippen LogP contribution in [0.15, 0.2) is 39.5 Å². The van der Waals surface area contributed by atoms with Gasteiger partial charge in [-0.3, -0.25) is 5.84 Å². The maximum atomic E-state index is 13.3. The largest absolute Gasteiger partial charge is 0.271 e. The lowest BCUT2D eigenvalue weighted by molar-refractivity contribution is 0.605. The molecule has 1 heterocycles. The first kappa shape index (κ1) is 11.7. The van der Waals surface area contributed by atoms with E-state index >= 15 is 0 Å². The Hall–Kier alpha value is -0.750. The zero-order valence-corrected chi connectivity index (χ0v) is 10.7. The van der Waals surface area contributed by atoms with Gasteiger partial charge < -0.3 is 0 Å². The third-order valence-electron chi connectivity index (χ3n) is 2.26. The Balaban J connectivity index is 2.41. The minimum atomic E-state index is -0.278. The van der Waals surface area contributed by atoms with Crippen molar-refractivity contribution in [3.8, 4) is 0 Å². The molecule has 0 aliphatic heterocycles. The van der Waals surface area contributed by atoms with E-state index < -0.39 is 0 Å². The smallest absolute Gasteiger partial charge is 0.124 e. The van der Waals surface area contributed by atoms with Gasteiger partial charge in [0, 0.05) is 4.47 Å². The number of thiophene rings is 1. The molecular weight excluding hydrogens is 291 g/mol. The Kier molecular flexibility index (Phi) is 3.70. The topological polar surface area (TPSA) is 38.0 Å². The number of benzene rings is 1. The minimum Gasteiger partial charge on any atom is -0.271 e. The number of hydrazine groups is 1. The molecule has 0 spiro atoms. The first-order valence-electron chi connectivity index (χ1n) is 4.65. The molecule has 2 aromatic rings. The molecule has 3 N–H and O–H groups in total. The molecule has 1 aromatic heterocycles. The summed E-state index contributed by atoms with van der Waals surface area (Å²) in [6, 6.07) is 6.54. The summed E-state index contributed by atoms with van der Waals surface area (Å²) < 4.78 is 14.0. The van der Waals surface area contributed by atoms with Crippen LogP contribution in [0.5, 0.6) is 0 Å². The highest BCUT2D eigenvalue weighted by atomic mass is 79.9. The Morgan fingerprint density at radius 2 is 2.12 bits per heavy atom. The summed E-state index contributed by atoms with van der Waals surface area (Å²) >= 11 is 4.85. The van der Waals surface area contributed by atoms with Crippen LogP contribution in [-0.2, 0) is 0 Å². The molecule has 16 heavy (non-hydrogen) atoms. The molecule has 0 fully saturated rings. The fourth-order valence-electron chi connectivity index (χ4n) is 1.57. The van der Waals surface area contributed by atoms with Crippen molar-refractivity contribution in [2.75, 3.05) is 0 Å². The lowest BCUT2D eigenvalue weighted by atomic mass is 10.0. The van der Waals surface area contributed by atoms with Crippen LogP contribution in [0.2, 0.25) is 0 Å². The highest BCUT2D eigenvalue weighted by molar-refractivity contribution is 9.10. The Labute approximate surface area is 105 Å². The van der Waals surface area contributed by atoms with Crippen molar-refractivity contribution in [3.05, 3.63) is 56.4 Å². The van der Waals surface area contributed by atoms with Crippen LogP contribution in [0.3, 0.4) is 0 Å². The second-order valence-electron chi connectivity index (χ2n) is 3.36. The summed E-state index contributed by atoms with van der Waals surface area (Å²) in [7, 11) is 0. The van der Waals surface area contributed by atoms with E-state index in [9.17, 15) is 4.39 Å². The van der Waals surface area contributed by atoms with Crippen molar-refractivity contribution in [1.29, 1.82) is 0 Å². The lowest BCUT2D eigenvalue weighted by Crippen LogP contribution is -2.28. The molecule has 0 aliphatic rings. The molecule has 2 nitrogen and oxygen atoms in total. The fourth-order valence-corrected chi connectivity index (χ4v) is 2.74. The maximum Gasteiger partial charge on any atom is 0.124 e. The van der Waals surface area contributed by atoms with Crippen LogP contribution in [0.4, 0.5) is 4.39 Å². The van der Waals surface area contributed by atoms with Crippen LogP contribution in [-0.4, -0.2) is 0 Å². The zero-order chi connectivity index (χ0) is 11.5. The van der Waals surface area contributed by atoms with Gasteiger partial charge in [-0.25, -0.2) is 9.82 Å². The summed E-state index contributed by atoms with van der Waals surface area (Å²) in [6.07, 6.45) is 0. The summed E-state index contributed by atoms with van der Waals surface area (Å²) in [5.41, 5.74) is 4.53. The van der Waals surface area contributed by atoms with Crippen molar-refractivity contribution in [2.45, 2.75) is 6.04 Å². The van der Waals surface area contributed by atoms with Crippen molar-refractivity contribution in [2.24, 2.45) is 5.84 Å². The van der Waals surface area contributed by atoms with Gasteiger partial charge in [-0.1, -0.05) is 15.9 Å². The quantitative estimate of drug-likeness (QED) is 0.675. The second-order valence-corrected chi connectivity index (χ2v) is 5.05. The van der Waals surface area contributed by atoms with Crippen LogP contribution in [0.25, 0.3) is 0 Å². The third kappa shape index (κ3) is 2.49. The van der Waals surface area contributed by atoms with Crippen LogP contribution >= 0.6 is 27.3 Å². The lowest BCUT2D eigenvalue weighted by Gasteiger charge is -2.15. The standard InChI is InChI=1S/C11H10BrFN2S/c12-9-3-8(4-10(13)5-9)11(15-14)7-1-2-16-6-7/h1-6,11,15H,14H2. The molecule has 1 atom stereocenters. The summed E-state index contributed by atoms with van der Waals surface area (Å²) in [5, 5.41) is 3.96. The summed E-state index contributed by atoms with van der Waals surface area (Å²) in [4.78, 5) is 0. The summed E-state index contributed by atoms with van der Waals surface area (Å²) in [5.74, 6) is 5.24. The molecule has 0 saturated heterocycles. The number of hydrogen-bond acceptors (Lipinski definition) is 3. The highest BCUT2D eigenvalue weighted by Gasteiger charge is 2.14. The van der Waals surface area contributed by atoms with Gasteiger partial charge in [0.05, 0.1) is 6.04 Å². The van der Waals surface area contributed by atoms with E-state index in [0.29, 0.717) is 4.47 Å². The predicted octanol–water partition coefficient (Wildman–Crippen LogP) is 3.20. The van der Waals surface area contributed by atoms with E-state index in [1.807, 2.05) is 22.9 Å². The Bertz CT molecular complexity index is 453. The van der Waals surface area contributed by atoms with Crippen molar-refractivity contribution in [1.82, 2.24) is 5.43 Å². The number of rotatable bonds is 3. The molecule has 0 saturated carbocycles. The van der Waals surface area contributed by atoms with Gasteiger partial charge in [0.25, 0.3) is 0 Å². The van der Waals surface area contributed by atoms with Crippen LogP contribution < -0.4 is 11.3 Å². The van der Waals surface area contributed by atoms with Crippen molar-refractivity contribution in [3.63, 3.8) is 0 Å². The van der Waals surface area contributed by atoms with E-state index in [-0.39, 0.29) is 11.9 Å². The maximum absolute atomic E-state index is 13.3. The Morgan fingerprint density at radius 3 is 2.69 bits per heavy atom. The number of hydrogen-bond donors (Lipinski definition) is 2. The predicted molar refractivity (Wildman–Crippen MR) is 67.6 cm³/mol. The molecule has 0 bridgehead atoms. The molecule has 1 aromatic carbocycles. The first-order valence-corrected chi connectivity index (χ1v) is 6.38. The van der Waals surface area contributed by atoms with Gasteiger partial charge in [-0.15, -0.1) is 0 Å². The van der Waals surface area contributed by atoms with E-state index in [0.717, 1.165) is 11.1 Å². The van der Waals surface area contributed by atoms with E-state index in [1.54, 1.807) is 11.3 Å². The average Bonchev–Trinajstić information content (AvgIpc) is 2.70. The number of nitrogens with two attached hydrogens (primary N) is 1. The van der Waals surface area contributed by atoms with Crippen molar-refractivity contribution < 1.29 is 4.39 Å². The van der Waals surface area contributed by atoms with E-state index in [1.165, 1.54) is 12.1 Å². The molecule has 0 amide bonds. The number of nitrogens with one attached hydrogen (secondary N) is 1. The SMILES string of the molecule is NNC(c1ccsc1)c1cc(F)cc(Br)c1. The van der Waals surface area contributed by atoms with Gasteiger partial charge in [0.1, 0.15) is 5.82 Å². The molecule has 2 rings (SSSR count). The molecule has 5 heteroatoms. The monoisotopic (exact) mass is 300 g/mol. The molecule has 0 aliphatic carbocycles. The zero-order valence-electron chi connectivity index (χ0n) is 8.28. The van der Waals surface area contributed by atoms with Gasteiger partial charge in [-0.05, 0) is 46.2 Å². The van der Waals surface area contributed by atoms with E-state index in [2.05, 4.69) is 21.4 Å². The van der Waals surface area contributed by atoms with Gasteiger partial charge in [0.2, 0.25) is 0 Å². The summed E-state index contributed by atoms with van der Waals surface area (Å²) in [6.45, 7) is 0. The van der Waals surface area contributed by atoms with Gasteiger partial charge in [0.15, 0.2) is 0 Å². The van der Waals surface area contributed by atoms with Crippen LogP contribution in [0.1, 0.15) is 17.2 Å². The van der Waals surface area contributed by atoms with Crippen LogP contribution in [0, 0.1) is 5.82 Å². The highest BCUT2D eigenvalue weighted by Crippen LogP contribution is 2.26. The number of halogens is 2. The molecule has 84 valence electrons.